The molecule has 3 N–H and O–H groups in total. The average molecular weight is 428 g/mol. The van der Waals surface area contributed by atoms with E-state index in [0.717, 1.165) is 5.69 Å². The molecule has 160 valence electrons. The Labute approximate surface area is 184 Å². The van der Waals surface area contributed by atoms with Crippen molar-refractivity contribution in [2.45, 2.75) is 6.92 Å². The number of pyridine rings is 1. The third-order valence-corrected chi connectivity index (χ3v) is 4.07. The number of aryl methyl sites for hydroxylation is 1. The number of anilines is 5. The van der Waals surface area contributed by atoms with Crippen LogP contribution in [0.3, 0.4) is 0 Å². The van der Waals surface area contributed by atoms with Crippen molar-refractivity contribution >= 4 is 34.7 Å². The van der Waals surface area contributed by atoms with Gasteiger partial charge in [0.25, 0.3) is 5.91 Å². The molecule has 32 heavy (non-hydrogen) atoms. The van der Waals surface area contributed by atoms with E-state index in [4.69, 9.17) is 4.74 Å². The third kappa shape index (κ3) is 5.95. The second-order valence-electron chi connectivity index (χ2n) is 6.60. The van der Waals surface area contributed by atoms with Crippen molar-refractivity contribution in [1.82, 2.24) is 24.9 Å². The van der Waals surface area contributed by atoms with Crippen molar-refractivity contribution < 1.29 is 9.53 Å². The summed E-state index contributed by atoms with van der Waals surface area (Å²) in [5.41, 5.74) is 1.44. The molecule has 1 amide bonds. The predicted molar refractivity (Wildman–Crippen MR) is 120 cm³/mol. The summed E-state index contributed by atoms with van der Waals surface area (Å²) >= 11 is 0. The molecule has 0 unspecified atom stereocenters. The minimum Gasteiger partial charge on any atom is -0.453 e. The highest BCUT2D eigenvalue weighted by Gasteiger charge is 2.07. The minimum absolute atomic E-state index is 0.152. The maximum atomic E-state index is 12.1. The predicted octanol–water partition coefficient (Wildman–Crippen LogP) is 3.47. The molecule has 0 spiro atoms. The van der Waals surface area contributed by atoms with Gasteiger partial charge in [0.15, 0.2) is 6.61 Å². The molecule has 4 aromatic rings. The lowest BCUT2D eigenvalue weighted by molar-refractivity contribution is -0.118. The molecule has 10 heteroatoms. The average Bonchev–Trinajstić information content (AvgIpc) is 2.80. The molecule has 0 atom stereocenters. The molecule has 0 aliphatic carbocycles. The van der Waals surface area contributed by atoms with Gasteiger partial charge in [-0.05, 0) is 49.4 Å². The third-order valence-electron chi connectivity index (χ3n) is 4.07. The van der Waals surface area contributed by atoms with Crippen molar-refractivity contribution in [1.29, 1.82) is 0 Å². The van der Waals surface area contributed by atoms with Crippen LogP contribution in [0.1, 0.15) is 5.82 Å². The van der Waals surface area contributed by atoms with E-state index < -0.39 is 0 Å². The summed E-state index contributed by atoms with van der Waals surface area (Å²) < 4.78 is 5.24. The number of benzene rings is 1. The van der Waals surface area contributed by atoms with Crippen LogP contribution < -0.4 is 20.7 Å². The maximum Gasteiger partial charge on any atom is 0.316 e. The Morgan fingerprint density at radius 2 is 1.50 bits per heavy atom. The van der Waals surface area contributed by atoms with Crippen LogP contribution in [0.2, 0.25) is 0 Å². The highest BCUT2D eigenvalue weighted by Crippen LogP contribution is 2.21. The van der Waals surface area contributed by atoms with E-state index in [1.807, 2.05) is 37.3 Å². The molecule has 0 saturated heterocycles. The number of ether oxygens (including phenoxy) is 1. The number of carbonyl (C=O) groups is 1. The lowest BCUT2D eigenvalue weighted by Gasteiger charge is -2.11. The Morgan fingerprint density at radius 1 is 0.812 bits per heavy atom. The molecule has 0 saturated carbocycles. The van der Waals surface area contributed by atoms with Gasteiger partial charge in [-0.3, -0.25) is 4.79 Å². The molecule has 3 aromatic heterocycles. The zero-order valence-corrected chi connectivity index (χ0v) is 17.2. The molecule has 10 nitrogen and oxygen atoms in total. The van der Waals surface area contributed by atoms with E-state index in [1.54, 1.807) is 42.9 Å². The summed E-state index contributed by atoms with van der Waals surface area (Å²) in [6, 6.07) is 16.4. The normalized spacial score (nSPS) is 10.3. The molecule has 0 fully saturated rings. The van der Waals surface area contributed by atoms with E-state index in [9.17, 15) is 4.79 Å². The zero-order valence-electron chi connectivity index (χ0n) is 17.2. The summed E-state index contributed by atoms with van der Waals surface area (Å²) in [5, 5.41) is 9.15. The number of nitrogens with zero attached hydrogens (tertiary/aromatic N) is 5. The van der Waals surface area contributed by atoms with Crippen LogP contribution >= 0.6 is 0 Å². The van der Waals surface area contributed by atoms with Crippen LogP contribution in [0.4, 0.5) is 28.8 Å². The molecule has 0 radical (unpaired) electrons. The number of rotatable bonds is 8. The highest BCUT2D eigenvalue weighted by atomic mass is 16.5. The van der Waals surface area contributed by atoms with Crippen molar-refractivity contribution in [2.24, 2.45) is 0 Å². The maximum absolute atomic E-state index is 12.1. The summed E-state index contributed by atoms with van der Waals surface area (Å²) in [6.45, 7) is 1.63. The Bertz CT molecular complexity index is 1170. The van der Waals surface area contributed by atoms with Gasteiger partial charge in [0, 0.05) is 36.0 Å². The molecule has 1 aromatic carbocycles. The van der Waals surface area contributed by atoms with Crippen LogP contribution in [0.15, 0.2) is 73.2 Å². The van der Waals surface area contributed by atoms with Crippen LogP contribution in [0.25, 0.3) is 0 Å². The Hall–Kier alpha value is -4.60. The first-order valence-corrected chi connectivity index (χ1v) is 9.74. The molecule has 3 heterocycles. The molecular formula is C22H20N8O2. The van der Waals surface area contributed by atoms with E-state index in [1.165, 1.54) is 0 Å². The highest BCUT2D eigenvalue weighted by molar-refractivity contribution is 5.92. The summed E-state index contributed by atoms with van der Waals surface area (Å²) in [4.78, 5) is 32.9. The van der Waals surface area contributed by atoms with Crippen LogP contribution in [0.5, 0.6) is 6.01 Å². The monoisotopic (exact) mass is 428 g/mol. The first kappa shape index (κ1) is 20.7. The van der Waals surface area contributed by atoms with Gasteiger partial charge in [0.1, 0.15) is 23.3 Å². The van der Waals surface area contributed by atoms with Gasteiger partial charge in [0.05, 0.1) is 0 Å². The Kier molecular flexibility index (Phi) is 6.42. The van der Waals surface area contributed by atoms with Gasteiger partial charge < -0.3 is 20.7 Å². The number of amides is 1. The number of hydrogen-bond donors (Lipinski definition) is 3. The largest absolute Gasteiger partial charge is 0.453 e. The molecule has 0 bridgehead atoms. The van der Waals surface area contributed by atoms with E-state index in [0.29, 0.717) is 29.0 Å². The Morgan fingerprint density at radius 3 is 2.22 bits per heavy atom. The fourth-order valence-electron chi connectivity index (χ4n) is 2.74. The summed E-state index contributed by atoms with van der Waals surface area (Å²) in [5.74, 6) is 2.25. The van der Waals surface area contributed by atoms with Gasteiger partial charge in [-0.15, -0.1) is 0 Å². The van der Waals surface area contributed by atoms with Crippen LogP contribution in [-0.2, 0) is 4.79 Å². The SMILES string of the molecule is Cc1nc(Nc2ccc(NC(=O)COc3ncccn3)cc2)cc(Nc2ccccn2)n1. The van der Waals surface area contributed by atoms with Gasteiger partial charge in [-0.2, -0.15) is 0 Å². The number of hydrogen-bond acceptors (Lipinski definition) is 9. The van der Waals surface area contributed by atoms with Gasteiger partial charge in [-0.1, -0.05) is 6.07 Å². The number of carbonyl (C=O) groups excluding carboxylic acids is 1. The van der Waals surface area contributed by atoms with E-state index in [2.05, 4.69) is 40.9 Å². The second-order valence-corrected chi connectivity index (χ2v) is 6.60. The van der Waals surface area contributed by atoms with E-state index >= 15 is 0 Å². The summed E-state index contributed by atoms with van der Waals surface area (Å²) in [6.07, 6.45) is 4.79. The molecule has 0 aliphatic rings. The van der Waals surface area contributed by atoms with Gasteiger partial charge >= 0.3 is 6.01 Å². The molecule has 0 aliphatic heterocycles. The van der Waals surface area contributed by atoms with Crippen molar-refractivity contribution in [3.8, 4) is 6.01 Å². The van der Waals surface area contributed by atoms with Crippen molar-refractivity contribution in [2.75, 3.05) is 22.6 Å². The second kappa shape index (κ2) is 9.94. The first-order valence-electron chi connectivity index (χ1n) is 9.74. The fraction of sp³-hybridized carbons (Fsp3) is 0.0909. The lowest BCUT2D eigenvalue weighted by Crippen LogP contribution is -2.20. The fourth-order valence-corrected chi connectivity index (χ4v) is 2.74. The summed E-state index contributed by atoms with van der Waals surface area (Å²) in [7, 11) is 0. The standard InChI is InChI=1S/C22H20N8O2/c1-15-26-19(13-20(27-15)30-18-5-2-3-10-23-18)28-16-6-8-17(9-7-16)29-21(31)14-32-22-24-11-4-12-25-22/h2-13H,14H2,1H3,(H,29,31)(H2,23,26,27,28,30). The van der Waals surface area contributed by atoms with Crippen molar-refractivity contribution in [3.63, 3.8) is 0 Å². The smallest absolute Gasteiger partial charge is 0.316 e. The van der Waals surface area contributed by atoms with Crippen molar-refractivity contribution in [3.05, 3.63) is 79.0 Å². The molecular weight excluding hydrogens is 408 g/mol. The quantitative estimate of drug-likeness (QED) is 0.386. The van der Waals surface area contributed by atoms with Gasteiger partial charge in [-0.25, -0.2) is 24.9 Å². The van der Waals surface area contributed by atoms with Crippen LogP contribution in [-0.4, -0.2) is 37.4 Å². The Balaban J connectivity index is 1.34. The van der Waals surface area contributed by atoms with E-state index in [-0.39, 0.29) is 18.5 Å². The topological polar surface area (TPSA) is 127 Å². The van der Waals surface area contributed by atoms with Gasteiger partial charge in [0.2, 0.25) is 0 Å². The first-order chi connectivity index (χ1) is 15.6. The minimum atomic E-state index is -0.310. The molecule has 4 rings (SSSR count). The lowest BCUT2D eigenvalue weighted by atomic mass is 10.2. The number of aromatic nitrogens is 5. The zero-order chi connectivity index (χ0) is 22.2. The van der Waals surface area contributed by atoms with Crippen LogP contribution in [0, 0.1) is 6.92 Å². The number of nitrogens with one attached hydrogen (secondary N) is 3.